The second-order valence-electron chi connectivity index (χ2n) is 16.2. The number of Topliss-reactive ketones (excluding diaryl/α,β-unsaturated/α-hetero) is 1. The van der Waals surface area contributed by atoms with Crippen LogP contribution in [0.2, 0.25) is 0 Å². The number of aromatic nitrogens is 4. The minimum atomic E-state index is -4.75. The van der Waals surface area contributed by atoms with Crippen LogP contribution >= 0.6 is 44.3 Å². The van der Waals surface area contributed by atoms with Crippen LogP contribution in [0.15, 0.2) is 12.4 Å². The number of nitrogens with zero attached hydrogens (tertiary/aromatic N) is 4. The molecule has 0 aliphatic carbocycles. The summed E-state index contributed by atoms with van der Waals surface area (Å²) in [6, 6.07) is 0. The van der Waals surface area contributed by atoms with Gasteiger partial charge in [-0.25, -0.2) is 19.6 Å². The Bertz CT molecular complexity index is 1690. The molecule has 3 aliphatic rings. The van der Waals surface area contributed by atoms with E-state index in [-0.39, 0.29) is 42.3 Å². The first-order chi connectivity index (χ1) is 27.9. The number of alkyl halides is 11. The van der Waals surface area contributed by atoms with Crippen LogP contribution in [0, 0.1) is 5.92 Å². The molecule has 0 atom stereocenters. The van der Waals surface area contributed by atoms with E-state index in [9.17, 15) is 58.7 Å². The van der Waals surface area contributed by atoms with Gasteiger partial charge in [0.05, 0.1) is 12.4 Å². The number of aldehydes is 1. The highest BCUT2D eigenvalue weighted by atomic mass is 79.9. The number of aromatic amines is 2. The van der Waals surface area contributed by atoms with Gasteiger partial charge in [-0.2, -0.15) is 39.5 Å². The number of ketones is 1. The van der Waals surface area contributed by atoms with E-state index in [0.29, 0.717) is 50.7 Å². The lowest BCUT2D eigenvalue weighted by molar-refractivity contribution is -0.168. The first-order valence-electron chi connectivity index (χ1n) is 19.2. The van der Waals surface area contributed by atoms with Gasteiger partial charge in [0.15, 0.2) is 0 Å². The summed E-state index contributed by atoms with van der Waals surface area (Å²) in [4.78, 5) is 59.6. The van der Waals surface area contributed by atoms with E-state index in [0.717, 1.165) is 57.5 Å². The molecule has 356 valence electrons. The Kier molecular flexibility index (Phi) is 22.3. The molecule has 2 aromatic heterocycles. The number of carbonyl (C=O) groups excluding carboxylic acids is 4. The van der Waals surface area contributed by atoms with E-state index >= 15 is 0 Å². The number of amides is 2. The molecule has 0 saturated carbocycles. The van der Waals surface area contributed by atoms with Crippen molar-refractivity contribution in [1.29, 1.82) is 0 Å². The van der Waals surface area contributed by atoms with Crippen molar-refractivity contribution in [2.45, 2.75) is 125 Å². The second-order valence-corrected chi connectivity index (χ2v) is 19.3. The van der Waals surface area contributed by atoms with Gasteiger partial charge in [0.1, 0.15) is 44.3 Å². The predicted octanol–water partition coefficient (Wildman–Crippen LogP) is 9.93. The van der Waals surface area contributed by atoms with Crippen LogP contribution in [0.3, 0.4) is 0 Å². The third-order valence-corrected chi connectivity index (χ3v) is 9.75. The number of carbonyl (C=O) groups is 4. The van der Waals surface area contributed by atoms with E-state index in [4.69, 9.17) is 9.47 Å². The highest BCUT2D eigenvalue weighted by Crippen LogP contribution is 2.33. The summed E-state index contributed by atoms with van der Waals surface area (Å²) >= 11 is 4.85. The zero-order valence-corrected chi connectivity index (χ0v) is 38.8. The third kappa shape index (κ3) is 20.6. The summed E-state index contributed by atoms with van der Waals surface area (Å²) < 4.78 is 118. The van der Waals surface area contributed by atoms with Crippen LogP contribution in [0.4, 0.5) is 49.1 Å². The summed E-state index contributed by atoms with van der Waals surface area (Å²) in [6.07, 6.45) is -7.18. The average Bonchev–Trinajstić information content (AvgIpc) is 3.86. The highest BCUT2D eigenvalue weighted by Gasteiger charge is 2.41. The number of rotatable bonds is 4. The molecule has 3 N–H and O–H groups in total. The molecule has 3 fully saturated rings. The largest absolute Gasteiger partial charge is 0.452 e. The fourth-order valence-electron chi connectivity index (χ4n) is 5.80. The number of likely N-dealkylation sites (tertiary alicyclic amines) is 2. The summed E-state index contributed by atoms with van der Waals surface area (Å²) in [5, 5.41) is 3.16. The van der Waals surface area contributed by atoms with Gasteiger partial charge < -0.3 is 39.4 Å². The summed E-state index contributed by atoms with van der Waals surface area (Å²) in [5.41, 5.74) is -2.59. The maximum Gasteiger partial charge on any atom is 0.452 e. The Morgan fingerprint density at radius 3 is 1.31 bits per heavy atom. The van der Waals surface area contributed by atoms with Gasteiger partial charge in [0.2, 0.25) is 0 Å². The van der Waals surface area contributed by atoms with Crippen LogP contribution in [0.1, 0.15) is 115 Å². The average molecular weight is 1060 g/mol. The predicted molar refractivity (Wildman–Crippen MR) is 218 cm³/mol. The molecule has 25 heteroatoms. The van der Waals surface area contributed by atoms with Gasteiger partial charge >= 0.3 is 30.7 Å². The Hall–Kier alpha value is -3.12. The molecule has 5 heterocycles. The molecule has 0 spiro atoms. The molecule has 0 bridgehead atoms. The third-order valence-electron chi connectivity index (χ3n) is 8.92. The number of H-pyrrole nitrogens is 2. The monoisotopic (exact) mass is 1060 g/mol. The van der Waals surface area contributed by atoms with Gasteiger partial charge in [0, 0.05) is 43.9 Å². The first kappa shape index (κ1) is 56.9. The minimum absolute atomic E-state index is 0. The van der Waals surface area contributed by atoms with E-state index < -0.39 is 50.6 Å². The standard InChI is InChI=1S/C14H20F3N3O2.C11H19NO3.C9H12F3N3.C3HBr2F3O.ClH/c1-13(2,3)22-12(21)20-6-4-9(5-7-20)11-18-8-10(19-11)14(15,16)17;1-11(2,3)15-10(14)12-6-4-9(8-13)5-7-12;10-9(11,12)7-5-14-8(15-7)6-1-3-13-4-2-6;4-2(5)1(9)3(6,7)8;/h8-9H,4-7H2,1-3H3,(H,18,19);8-9H,4-7H2,1-3H3;5-6,13H,1-4H2,(H,14,15);2H;1H. The van der Waals surface area contributed by atoms with Gasteiger partial charge in [-0.1, -0.05) is 31.9 Å². The molecule has 2 aromatic rings. The quantitative estimate of drug-likeness (QED) is 0.154. The van der Waals surface area contributed by atoms with E-state index in [1.807, 2.05) is 20.8 Å². The molecule has 0 unspecified atom stereocenters. The number of nitrogens with one attached hydrogen (secondary N) is 3. The molecular weight excluding hydrogens is 1000 g/mol. The lowest BCUT2D eigenvalue weighted by atomic mass is 9.96. The number of hydrogen-bond acceptors (Lipinski definition) is 9. The van der Waals surface area contributed by atoms with Crippen molar-refractivity contribution in [2.24, 2.45) is 5.92 Å². The van der Waals surface area contributed by atoms with Crippen LogP contribution < -0.4 is 5.32 Å². The SMILES string of the molecule is CC(C)(C)OC(=O)N1CCC(C=O)CC1.CC(C)(C)OC(=O)N1CCC(c2ncc(C(F)(F)F)[nH]2)CC1.Cl.FC(F)(F)c1cnc(C2CCNCC2)[nH]1.O=C(C(Br)Br)C(F)(F)F. The fourth-order valence-corrected chi connectivity index (χ4v) is 6.32. The van der Waals surface area contributed by atoms with Gasteiger partial charge in [-0.15, -0.1) is 12.4 Å². The zero-order valence-electron chi connectivity index (χ0n) is 34.8. The number of piperidine rings is 3. The molecule has 3 aliphatic heterocycles. The Morgan fingerprint density at radius 1 is 0.677 bits per heavy atom. The van der Waals surface area contributed by atoms with Crippen molar-refractivity contribution in [2.75, 3.05) is 39.3 Å². The smallest absolute Gasteiger partial charge is 0.444 e. The highest BCUT2D eigenvalue weighted by molar-refractivity contribution is 9.25. The summed E-state index contributed by atoms with van der Waals surface area (Å²) in [6.45, 7) is 14.7. The van der Waals surface area contributed by atoms with E-state index in [1.165, 1.54) is 0 Å². The normalized spacial score (nSPS) is 17.3. The maximum atomic E-state index is 12.6. The second kappa shape index (κ2) is 24.2. The van der Waals surface area contributed by atoms with E-state index in [2.05, 4.69) is 57.1 Å². The molecule has 0 aromatic carbocycles. The molecule has 2 amide bonds. The summed E-state index contributed by atoms with van der Waals surface area (Å²) in [5.74, 6) is -0.900. The van der Waals surface area contributed by atoms with Crippen LogP contribution in [0.25, 0.3) is 0 Å². The number of halogens is 12. The van der Waals surface area contributed by atoms with Gasteiger partial charge in [0.25, 0.3) is 5.78 Å². The fraction of sp³-hybridized carbons (Fsp3) is 0.730. The maximum absolute atomic E-state index is 12.6. The molecule has 5 rings (SSSR count). The molecule has 3 saturated heterocycles. The number of imidazole rings is 2. The zero-order chi connectivity index (χ0) is 46.6. The van der Waals surface area contributed by atoms with Gasteiger partial charge in [-0.3, -0.25) is 4.79 Å². The minimum Gasteiger partial charge on any atom is -0.444 e. The molecular formula is C37H53Br2ClF9N7O6. The van der Waals surface area contributed by atoms with Crippen molar-refractivity contribution in [1.82, 2.24) is 35.1 Å². The molecule has 0 radical (unpaired) electrons. The van der Waals surface area contributed by atoms with Crippen molar-refractivity contribution in [3.63, 3.8) is 0 Å². The van der Waals surface area contributed by atoms with E-state index in [1.54, 1.807) is 30.6 Å². The van der Waals surface area contributed by atoms with Crippen LogP contribution in [-0.4, -0.2) is 114 Å². The molecule has 13 nitrogen and oxygen atoms in total. The first-order valence-corrected chi connectivity index (χ1v) is 21.0. The van der Waals surface area contributed by atoms with Crippen LogP contribution in [-0.2, 0) is 31.4 Å². The number of ether oxygens (including phenoxy) is 2. The Labute approximate surface area is 376 Å². The van der Waals surface area contributed by atoms with Crippen molar-refractivity contribution < 1.29 is 68.2 Å². The Balaban J connectivity index is 0.000000430. The lowest BCUT2D eigenvalue weighted by Gasteiger charge is -2.32. The summed E-state index contributed by atoms with van der Waals surface area (Å²) in [7, 11) is 0. The van der Waals surface area contributed by atoms with Gasteiger partial charge in [-0.05, 0) is 93.2 Å². The van der Waals surface area contributed by atoms with Crippen molar-refractivity contribution in [3.8, 4) is 0 Å². The lowest BCUT2D eigenvalue weighted by Crippen LogP contribution is -2.41. The molecule has 62 heavy (non-hydrogen) atoms. The topological polar surface area (TPSA) is 163 Å². The Morgan fingerprint density at radius 2 is 1.03 bits per heavy atom. The van der Waals surface area contributed by atoms with Crippen molar-refractivity contribution >= 4 is 68.5 Å². The van der Waals surface area contributed by atoms with Crippen LogP contribution in [0.5, 0.6) is 0 Å². The van der Waals surface area contributed by atoms with Crippen molar-refractivity contribution in [3.05, 3.63) is 35.4 Å². The number of hydrogen-bond donors (Lipinski definition) is 3.